The zero-order valence-corrected chi connectivity index (χ0v) is 18.1. The molecule has 0 fully saturated rings. The average molecular weight is 438 g/mol. The molecule has 0 N–H and O–H groups in total. The molecular formula is C20H27IOSi. The summed E-state index contributed by atoms with van der Waals surface area (Å²) in [7, 11) is -1.08. The van der Waals surface area contributed by atoms with Gasteiger partial charge in [-0.15, -0.1) is 0 Å². The molecule has 0 aliphatic heterocycles. The van der Waals surface area contributed by atoms with Crippen molar-refractivity contribution < 1.29 is 4.43 Å². The molecule has 124 valence electrons. The molecule has 3 heteroatoms. The van der Waals surface area contributed by atoms with E-state index in [1.165, 1.54) is 22.3 Å². The first-order valence-corrected chi connectivity index (χ1v) is 12.5. The van der Waals surface area contributed by atoms with Crippen LogP contribution in [0.2, 0.25) is 13.1 Å². The predicted octanol–water partition coefficient (Wildman–Crippen LogP) is 6.38. The molecule has 2 rings (SSSR count). The van der Waals surface area contributed by atoms with Crippen molar-refractivity contribution in [2.24, 2.45) is 5.41 Å². The Hall–Kier alpha value is -0.653. The van der Waals surface area contributed by atoms with Crippen LogP contribution in [0, 0.1) is 5.41 Å². The van der Waals surface area contributed by atoms with E-state index in [0.717, 1.165) is 4.43 Å². The standard InChI is InChI=1S/C20H27IOSi/c1-20(2,3)19(22-23(4)5)16-12-10-15(11-13-16)18-9-7-6-8-17(18)14-21/h6-13,19,23H,14H2,1-5H3. The fourth-order valence-corrected chi connectivity index (χ4v) is 4.59. The minimum absolute atomic E-state index is 0.110. The van der Waals surface area contributed by atoms with Crippen LogP contribution in [0.3, 0.4) is 0 Å². The van der Waals surface area contributed by atoms with Gasteiger partial charge in [0, 0.05) is 4.43 Å². The van der Waals surface area contributed by atoms with E-state index in [4.69, 9.17) is 4.43 Å². The third-order valence-corrected chi connectivity index (χ3v) is 5.52. The molecule has 2 aromatic carbocycles. The number of hydrogen-bond acceptors (Lipinski definition) is 1. The van der Waals surface area contributed by atoms with Gasteiger partial charge in [-0.2, -0.15) is 0 Å². The van der Waals surface area contributed by atoms with Gasteiger partial charge in [0.2, 0.25) is 0 Å². The quantitative estimate of drug-likeness (QED) is 0.299. The van der Waals surface area contributed by atoms with Crippen LogP contribution < -0.4 is 0 Å². The minimum Gasteiger partial charge on any atom is -0.413 e. The van der Waals surface area contributed by atoms with E-state index < -0.39 is 9.04 Å². The Balaban J connectivity index is 2.34. The Bertz CT molecular complexity index is 629. The molecular weight excluding hydrogens is 411 g/mol. The summed E-state index contributed by atoms with van der Waals surface area (Å²) in [5.74, 6) is 0. The summed E-state index contributed by atoms with van der Waals surface area (Å²) in [6.07, 6.45) is 0.169. The molecule has 0 spiro atoms. The van der Waals surface area contributed by atoms with Crippen molar-refractivity contribution in [3.05, 3.63) is 59.7 Å². The van der Waals surface area contributed by atoms with Crippen LogP contribution in [0.1, 0.15) is 38.0 Å². The summed E-state index contributed by atoms with van der Waals surface area (Å²) in [5.41, 5.74) is 5.41. The van der Waals surface area contributed by atoms with Gasteiger partial charge in [-0.05, 0) is 40.8 Å². The van der Waals surface area contributed by atoms with Crippen molar-refractivity contribution in [2.45, 2.75) is 44.4 Å². The van der Waals surface area contributed by atoms with Crippen LogP contribution in [0.15, 0.2) is 48.5 Å². The van der Waals surface area contributed by atoms with Crippen molar-refractivity contribution in [3.63, 3.8) is 0 Å². The lowest BCUT2D eigenvalue weighted by Gasteiger charge is -2.33. The summed E-state index contributed by atoms with van der Waals surface area (Å²) in [6, 6.07) is 17.6. The topological polar surface area (TPSA) is 9.23 Å². The van der Waals surface area contributed by atoms with Gasteiger partial charge in [0.1, 0.15) is 0 Å². The van der Waals surface area contributed by atoms with Crippen LogP contribution in [-0.4, -0.2) is 9.04 Å². The maximum Gasteiger partial charge on any atom is 0.171 e. The highest BCUT2D eigenvalue weighted by Gasteiger charge is 2.27. The lowest BCUT2D eigenvalue weighted by atomic mass is 9.84. The molecule has 1 nitrogen and oxygen atoms in total. The van der Waals surface area contributed by atoms with Crippen molar-refractivity contribution in [1.82, 2.24) is 0 Å². The molecule has 1 unspecified atom stereocenters. The van der Waals surface area contributed by atoms with Gasteiger partial charge >= 0.3 is 0 Å². The minimum atomic E-state index is -1.08. The van der Waals surface area contributed by atoms with E-state index in [2.05, 4.69) is 105 Å². The van der Waals surface area contributed by atoms with E-state index in [1.807, 2.05) is 0 Å². The second-order valence-electron chi connectivity index (χ2n) is 7.34. The third kappa shape index (κ3) is 4.91. The lowest BCUT2D eigenvalue weighted by Crippen LogP contribution is -2.25. The highest BCUT2D eigenvalue weighted by Crippen LogP contribution is 2.37. The highest BCUT2D eigenvalue weighted by molar-refractivity contribution is 14.1. The SMILES string of the molecule is C[SiH](C)OC(c1ccc(-c2ccccc2CI)cc1)C(C)(C)C. The van der Waals surface area contributed by atoms with Gasteiger partial charge in [-0.3, -0.25) is 0 Å². The zero-order valence-electron chi connectivity index (χ0n) is 14.8. The maximum atomic E-state index is 6.33. The molecule has 0 aromatic heterocycles. The molecule has 0 saturated carbocycles. The summed E-state index contributed by atoms with van der Waals surface area (Å²) in [6.45, 7) is 11.3. The Morgan fingerprint density at radius 3 is 2.13 bits per heavy atom. The maximum absolute atomic E-state index is 6.33. The number of rotatable bonds is 5. The third-order valence-electron chi connectivity index (χ3n) is 3.88. The summed E-state index contributed by atoms with van der Waals surface area (Å²) in [4.78, 5) is 0. The fraction of sp³-hybridized carbons (Fsp3) is 0.400. The van der Waals surface area contributed by atoms with E-state index in [-0.39, 0.29) is 11.5 Å². The highest BCUT2D eigenvalue weighted by atomic mass is 127. The molecule has 0 heterocycles. The largest absolute Gasteiger partial charge is 0.413 e. The van der Waals surface area contributed by atoms with E-state index in [0.29, 0.717) is 0 Å². The Morgan fingerprint density at radius 1 is 1.00 bits per heavy atom. The number of hydrogen-bond donors (Lipinski definition) is 0. The van der Waals surface area contributed by atoms with Gasteiger partial charge in [-0.1, -0.05) is 91.9 Å². The van der Waals surface area contributed by atoms with Crippen molar-refractivity contribution in [2.75, 3.05) is 0 Å². The predicted molar refractivity (Wildman–Crippen MR) is 112 cm³/mol. The Kier molecular flexibility index (Phi) is 6.46. The summed E-state index contributed by atoms with van der Waals surface area (Å²) in [5, 5.41) is 0. The first-order chi connectivity index (χ1) is 10.8. The van der Waals surface area contributed by atoms with E-state index >= 15 is 0 Å². The molecule has 0 aliphatic rings. The second-order valence-corrected chi connectivity index (χ2v) is 10.5. The van der Waals surface area contributed by atoms with Crippen molar-refractivity contribution in [1.29, 1.82) is 0 Å². The van der Waals surface area contributed by atoms with Crippen molar-refractivity contribution >= 4 is 31.6 Å². The van der Waals surface area contributed by atoms with Crippen LogP contribution in [0.5, 0.6) is 0 Å². The summed E-state index contributed by atoms with van der Waals surface area (Å²) >= 11 is 2.43. The Morgan fingerprint density at radius 2 is 1.61 bits per heavy atom. The molecule has 0 radical (unpaired) electrons. The van der Waals surface area contributed by atoms with Gasteiger partial charge in [0.25, 0.3) is 0 Å². The smallest absolute Gasteiger partial charge is 0.171 e. The van der Waals surface area contributed by atoms with E-state index in [1.54, 1.807) is 0 Å². The fourth-order valence-electron chi connectivity index (χ4n) is 2.81. The molecule has 2 aromatic rings. The van der Waals surface area contributed by atoms with Crippen LogP contribution in [0.4, 0.5) is 0 Å². The van der Waals surface area contributed by atoms with Crippen LogP contribution in [0.25, 0.3) is 11.1 Å². The van der Waals surface area contributed by atoms with E-state index in [9.17, 15) is 0 Å². The van der Waals surface area contributed by atoms with Crippen molar-refractivity contribution in [3.8, 4) is 11.1 Å². The molecule has 23 heavy (non-hydrogen) atoms. The first kappa shape index (κ1) is 18.7. The number of benzene rings is 2. The molecule has 0 amide bonds. The van der Waals surface area contributed by atoms with Gasteiger partial charge in [0.15, 0.2) is 9.04 Å². The first-order valence-electron chi connectivity index (χ1n) is 8.22. The molecule has 0 aliphatic carbocycles. The Labute approximate surface area is 156 Å². The van der Waals surface area contributed by atoms with Crippen LogP contribution in [-0.2, 0) is 8.85 Å². The monoisotopic (exact) mass is 438 g/mol. The number of halogens is 1. The normalized spacial score (nSPS) is 13.3. The summed E-state index contributed by atoms with van der Waals surface area (Å²) < 4.78 is 7.36. The van der Waals surface area contributed by atoms with Gasteiger partial charge in [0.05, 0.1) is 6.10 Å². The molecule has 1 atom stereocenters. The lowest BCUT2D eigenvalue weighted by molar-refractivity contribution is 0.0866. The second kappa shape index (κ2) is 7.95. The number of alkyl halides is 1. The molecule has 0 bridgehead atoms. The van der Waals surface area contributed by atoms with Gasteiger partial charge < -0.3 is 4.43 Å². The van der Waals surface area contributed by atoms with Crippen LogP contribution >= 0.6 is 22.6 Å². The average Bonchev–Trinajstić information content (AvgIpc) is 2.51. The molecule has 0 saturated heterocycles. The van der Waals surface area contributed by atoms with Gasteiger partial charge in [-0.25, -0.2) is 0 Å². The zero-order chi connectivity index (χ0) is 17.0.